The van der Waals surface area contributed by atoms with Gasteiger partial charge in [0, 0.05) is 0 Å². The summed E-state index contributed by atoms with van der Waals surface area (Å²) >= 11 is -4.20. The van der Waals surface area contributed by atoms with Crippen molar-refractivity contribution in [3.63, 3.8) is 0 Å². The van der Waals surface area contributed by atoms with Gasteiger partial charge >= 0.3 is 137 Å². The molecule has 0 heterocycles. The summed E-state index contributed by atoms with van der Waals surface area (Å²) in [7, 11) is -1.94. The molecular formula is C19H41OSiTi. The van der Waals surface area contributed by atoms with Crippen LogP contribution in [0.2, 0.25) is 42.8 Å². The van der Waals surface area contributed by atoms with Crippen molar-refractivity contribution in [1.29, 1.82) is 0 Å². The molecule has 0 bridgehead atoms. The van der Waals surface area contributed by atoms with Gasteiger partial charge < -0.3 is 0 Å². The molecule has 1 aliphatic carbocycles. The third kappa shape index (κ3) is 3.55. The quantitative estimate of drug-likeness (QED) is 0.436. The van der Waals surface area contributed by atoms with Crippen LogP contribution in [0.4, 0.5) is 0 Å². The minimum atomic E-state index is -4.20. The Morgan fingerprint density at radius 2 is 1.27 bits per heavy atom. The van der Waals surface area contributed by atoms with Crippen molar-refractivity contribution < 1.29 is 16.1 Å². The van der Waals surface area contributed by atoms with Gasteiger partial charge in [0.15, 0.2) is 0 Å². The number of hydrogen-bond acceptors (Lipinski definition) is 1. The van der Waals surface area contributed by atoms with Gasteiger partial charge in [0.05, 0.1) is 0 Å². The normalized spacial score (nSPS) is 21.7. The third-order valence-corrected chi connectivity index (χ3v) is 25.8. The molecule has 0 fully saturated rings. The molecule has 0 aromatic rings. The van der Waals surface area contributed by atoms with Gasteiger partial charge in [-0.05, 0) is 0 Å². The fourth-order valence-corrected chi connectivity index (χ4v) is 28.1. The van der Waals surface area contributed by atoms with Crippen LogP contribution in [0, 0.1) is 0 Å². The van der Waals surface area contributed by atoms with E-state index in [1.807, 2.05) is 0 Å². The average Bonchev–Trinajstić information content (AvgIpc) is 2.77. The van der Waals surface area contributed by atoms with Crippen molar-refractivity contribution in [3.05, 3.63) is 22.1 Å². The van der Waals surface area contributed by atoms with Crippen LogP contribution in [-0.4, -0.2) is 8.32 Å². The SMILES string of the molecule is CC(C)[Si]([O][Ti]([CH3])([CH3])([CH3])([CH3])([CH3])[C]1=CC=CC1)(C(C)C)C(C)C. The van der Waals surface area contributed by atoms with Gasteiger partial charge in [0.1, 0.15) is 0 Å². The molecule has 22 heavy (non-hydrogen) atoms. The second kappa shape index (κ2) is 4.50. The van der Waals surface area contributed by atoms with E-state index < -0.39 is 21.4 Å². The summed E-state index contributed by atoms with van der Waals surface area (Å²) in [6, 6.07) is 0. The summed E-state index contributed by atoms with van der Waals surface area (Å²) in [5.41, 5.74) is 1.86. The van der Waals surface area contributed by atoms with Crippen LogP contribution in [-0.2, 0) is 16.1 Å². The van der Waals surface area contributed by atoms with Gasteiger partial charge in [-0.25, -0.2) is 0 Å². The minimum absolute atomic E-state index is 0.621. The monoisotopic (exact) mass is 361 g/mol. The molecule has 0 radical (unpaired) electrons. The van der Waals surface area contributed by atoms with Crippen LogP contribution in [0.3, 0.4) is 0 Å². The molecule has 3 heteroatoms. The predicted molar refractivity (Wildman–Crippen MR) is 103 cm³/mol. The predicted octanol–water partition coefficient (Wildman–Crippen LogP) is 7.94. The third-order valence-electron chi connectivity index (χ3n) is 5.95. The van der Waals surface area contributed by atoms with E-state index in [9.17, 15) is 0 Å². The maximum atomic E-state index is 7.67. The summed E-state index contributed by atoms with van der Waals surface area (Å²) in [5, 5.41) is 12.5. The second-order valence-corrected chi connectivity index (χ2v) is 43.5. The Morgan fingerprint density at radius 3 is 1.55 bits per heavy atom. The zero-order valence-electron chi connectivity index (χ0n) is 17.1. The van der Waals surface area contributed by atoms with E-state index >= 15 is 0 Å². The molecule has 131 valence electrons. The average molecular weight is 361 g/mol. The maximum absolute atomic E-state index is 7.67. The molecule has 0 amide bonds. The van der Waals surface area contributed by atoms with Crippen LogP contribution in [0.1, 0.15) is 48.0 Å². The van der Waals surface area contributed by atoms with Crippen LogP contribution >= 0.6 is 0 Å². The van der Waals surface area contributed by atoms with Gasteiger partial charge in [0.25, 0.3) is 0 Å². The van der Waals surface area contributed by atoms with E-state index in [0.717, 1.165) is 6.42 Å². The summed E-state index contributed by atoms with van der Waals surface area (Å²) < 4.78 is 9.22. The molecule has 1 aliphatic rings. The molecule has 0 unspecified atom stereocenters. The topological polar surface area (TPSA) is 9.23 Å². The Morgan fingerprint density at radius 1 is 0.864 bits per heavy atom. The zero-order chi connectivity index (χ0) is 17.7. The molecule has 0 saturated heterocycles. The molecule has 1 nitrogen and oxygen atoms in total. The Balaban J connectivity index is 3.63. The van der Waals surface area contributed by atoms with Gasteiger partial charge in [0.2, 0.25) is 0 Å². The van der Waals surface area contributed by atoms with Crippen molar-refractivity contribution in [3.8, 4) is 0 Å². The van der Waals surface area contributed by atoms with E-state index in [0.29, 0.717) is 16.6 Å². The zero-order valence-corrected chi connectivity index (χ0v) is 19.6. The molecule has 0 spiro atoms. The summed E-state index contributed by atoms with van der Waals surface area (Å²) in [6.45, 7) is 14.3. The fourth-order valence-electron chi connectivity index (χ4n) is 4.84. The Labute approximate surface area is 137 Å². The van der Waals surface area contributed by atoms with E-state index in [2.05, 4.69) is 85.9 Å². The molecule has 0 aromatic heterocycles. The number of hydrogen-bond donors (Lipinski definition) is 0. The number of rotatable bonds is 6. The molecular weight excluding hydrogens is 320 g/mol. The van der Waals surface area contributed by atoms with Crippen molar-refractivity contribution in [2.24, 2.45) is 0 Å². The van der Waals surface area contributed by atoms with Gasteiger partial charge in [-0.1, -0.05) is 0 Å². The van der Waals surface area contributed by atoms with Crippen LogP contribution in [0.15, 0.2) is 22.1 Å². The summed E-state index contributed by atoms with van der Waals surface area (Å²) in [4.78, 5) is 0. The van der Waals surface area contributed by atoms with Crippen molar-refractivity contribution in [2.45, 2.75) is 90.7 Å². The first-order valence-electron chi connectivity index (χ1n) is 9.21. The van der Waals surface area contributed by atoms with E-state index in [4.69, 9.17) is 3.01 Å². The number of allylic oxidation sites excluding steroid dienone is 4. The molecule has 0 N–H and O–H groups in total. The van der Waals surface area contributed by atoms with E-state index in [-0.39, 0.29) is 0 Å². The summed E-state index contributed by atoms with van der Waals surface area (Å²) in [6.07, 6.45) is 7.91. The van der Waals surface area contributed by atoms with Gasteiger partial charge in [-0.15, -0.1) is 0 Å². The first-order valence-corrected chi connectivity index (χ1v) is 20.6. The van der Waals surface area contributed by atoms with Crippen molar-refractivity contribution in [2.75, 3.05) is 0 Å². The van der Waals surface area contributed by atoms with Crippen molar-refractivity contribution >= 4 is 8.32 Å². The molecule has 0 saturated carbocycles. The van der Waals surface area contributed by atoms with Gasteiger partial charge in [-0.2, -0.15) is 0 Å². The first-order chi connectivity index (χ1) is 9.38. The fraction of sp³-hybridized carbons (Fsp3) is 0.789. The van der Waals surface area contributed by atoms with Crippen LogP contribution in [0.5, 0.6) is 0 Å². The molecule has 1 rings (SSSR count). The van der Waals surface area contributed by atoms with E-state index in [1.54, 1.807) is 3.88 Å². The van der Waals surface area contributed by atoms with Crippen molar-refractivity contribution in [1.82, 2.24) is 0 Å². The molecule has 0 aliphatic heterocycles. The Kier molecular flexibility index (Phi) is 4.18. The van der Waals surface area contributed by atoms with Gasteiger partial charge in [-0.3, -0.25) is 0 Å². The Hall–Kier alpha value is 0.371. The Bertz CT molecular complexity index is 500. The first kappa shape index (κ1) is 20.4. The summed E-state index contributed by atoms with van der Waals surface area (Å²) in [5.74, 6) is 0. The molecule has 0 atom stereocenters. The standard InChI is InChI=1S/C9H21OSi.C5H5.5CH3.Ti/c1-7(2)11(10,8(3)4)9(5)6;1-2-4-5-3-1;;;;;;/h7-9H,1-6H3;1-3H,4H2;5*1H3;/q-1;;;;;;;+1. The molecule has 0 aromatic carbocycles. The second-order valence-electron chi connectivity index (χ2n) is 13.1. The van der Waals surface area contributed by atoms with Crippen LogP contribution < -0.4 is 0 Å². The van der Waals surface area contributed by atoms with Crippen LogP contribution in [0.25, 0.3) is 0 Å². The van der Waals surface area contributed by atoms with E-state index in [1.165, 1.54) is 0 Å².